The van der Waals surface area contributed by atoms with Gasteiger partial charge in [0.05, 0.1) is 25.5 Å². The molecule has 0 radical (unpaired) electrons. The molecule has 2 heterocycles. The van der Waals surface area contributed by atoms with E-state index in [1.165, 1.54) is 0 Å². The number of nitrogens with one attached hydrogen (secondary N) is 1. The number of piperidine rings is 1. The number of carbonyl (C=O) groups excluding carboxylic acids is 2. The first-order valence-electron chi connectivity index (χ1n) is 12.4. The number of ether oxygens (including phenoxy) is 2. The first kappa shape index (κ1) is 26.5. The molecule has 0 spiro atoms. The molecule has 7 nitrogen and oxygen atoms in total. The number of carbonyl (C=O) groups is 2. The van der Waals surface area contributed by atoms with E-state index < -0.39 is 0 Å². The van der Waals surface area contributed by atoms with E-state index in [4.69, 9.17) is 26.1 Å². The Kier molecular flexibility index (Phi) is 8.66. The topological polar surface area (TPSA) is 80.8 Å². The van der Waals surface area contributed by atoms with E-state index >= 15 is 0 Å². The number of methoxy groups -OCH3 is 2. The minimum atomic E-state index is -0.136. The first-order valence-corrected chi connectivity index (χ1v) is 12.8. The van der Waals surface area contributed by atoms with E-state index in [0.717, 1.165) is 29.8 Å². The number of rotatable bonds is 8. The van der Waals surface area contributed by atoms with Crippen LogP contribution in [0.5, 0.6) is 11.5 Å². The van der Waals surface area contributed by atoms with Crippen LogP contribution in [0.2, 0.25) is 5.02 Å². The Balaban J connectivity index is 1.38. The van der Waals surface area contributed by atoms with Gasteiger partial charge in [-0.25, -0.2) is 0 Å². The van der Waals surface area contributed by atoms with E-state index in [1.807, 2.05) is 42.2 Å². The summed E-state index contributed by atoms with van der Waals surface area (Å²) in [5.74, 6) is 1.31. The van der Waals surface area contributed by atoms with Gasteiger partial charge in [0, 0.05) is 41.8 Å². The number of benzene rings is 2. The second-order valence-electron chi connectivity index (χ2n) is 9.15. The van der Waals surface area contributed by atoms with Gasteiger partial charge in [-0.15, -0.1) is 0 Å². The van der Waals surface area contributed by atoms with Crippen LogP contribution in [0, 0.1) is 6.92 Å². The van der Waals surface area contributed by atoms with Crippen LogP contribution >= 0.6 is 11.6 Å². The number of likely N-dealkylation sites (tertiary alicyclic amines) is 1. The summed E-state index contributed by atoms with van der Waals surface area (Å²) < 4.78 is 10.7. The summed E-state index contributed by atoms with van der Waals surface area (Å²) in [6.07, 6.45) is 2.16. The van der Waals surface area contributed by atoms with E-state index in [9.17, 15) is 9.59 Å². The molecule has 4 rings (SSSR count). The SMILES string of the molecule is COc1ccc(CCNC(=O)c2ccc(C)nc2C2CCN(C(=O)c3ccc(Cl)cc3)CC2)cc1OC. The fourth-order valence-corrected chi connectivity index (χ4v) is 4.79. The molecule has 2 amide bonds. The van der Waals surface area contributed by atoms with Crippen LogP contribution in [0.1, 0.15) is 56.4 Å². The van der Waals surface area contributed by atoms with Gasteiger partial charge in [-0.3, -0.25) is 14.6 Å². The van der Waals surface area contributed by atoms with E-state index in [2.05, 4.69) is 5.32 Å². The molecule has 1 aromatic heterocycles. The van der Waals surface area contributed by atoms with Crippen molar-refractivity contribution in [2.24, 2.45) is 0 Å². The molecule has 2 aromatic carbocycles. The highest BCUT2D eigenvalue weighted by Crippen LogP contribution is 2.31. The number of nitrogens with zero attached hydrogens (tertiary/aromatic N) is 2. The minimum absolute atomic E-state index is 0.000414. The van der Waals surface area contributed by atoms with Gasteiger partial charge in [-0.1, -0.05) is 17.7 Å². The Morgan fingerprint density at radius 3 is 2.38 bits per heavy atom. The Morgan fingerprint density at radius 2 is 1.70 bits per heavy atom. The monoisotopic (exact) mass is 521 g/mol. The van der Waals surface area contributed by atoms with Crippen LogP contribution in [-0.4, -0.2) is 55.6 Å². The number of amides is 2. The van der Waals surface area contributed by atoms with Crippen molar-refractivity contribution in [1.29, 1.82) is 0 Å². The van der Waals surface area contributed by atoms with Crippen molar-refractivity contribution in [3.05, 3.63) is 87.7 Å². The third-order valence-corrected chi connectivity index (χ3v) is 6.97. The fraction of sp³-hybridized carbons (Fsp3) is 0.345. The minimum Gasteiger partial charge on any atom is -0.493 e. The average Bonchev–Trinajstić information content (AvgIpc) is 2.93. The van der Waals surface area contributed by atoms with Gasteiger partial charge < -0.3 is 19.7 Å². The summed E-state index contributed by atoms with van der Waals surface area (Å²) >= 11 is 5.95. The summed E-state index contributed by atoms with van der Waals surface area (Å²) in [5.41, 5.74) is 3.95. The molecule has 0 bridgehead atoms. The maximum atomic E-state index is 13.1. The Morgan fingerprint density at radius 1 is 1.00 bits per heavy atom. The van der Waals surface area contributed by atoms with Gasteiger partial charge in [-0.2, -0.15) is 0 Å². The van der Waals surface area contributed by atoms with Crippen molar-refractivity contribution < 1.29 is 19.1 Å². The van der Waals surface area contributed by atoms with E-state index in [0.29, 0.717) is 53.7 Å². The maximum Gasteiger partial charge on any atom is 0.253 e. The number of pyridine rings is 1. The third kappa shape index (κ3) is 6.41. The zero-order chi connectivity index (χ0) is 26.4. The Bertz CT molecular complexity index is 1250. The second-order valence-corrected chi connectivity index (χ2v) is 9.59. The number of halogens is 1. The second kappa shape index (κ2) is 12.1. The summed E-state index contributed by atoms with van der Waals surface area (Å²) in [6, 6.07) is 16.4. The maximum absolute atomic E-state index is 13.1. The number of hydrogen-bond acceptors (Lipinski definition) is 5. The number of aromatic nitrogens is 1. The lowest BCUT2D eigenvalue weighted by Crippen LogP contribution is -2.38. The molecular formula is C29H32ClN3O4. The molecule has 0 unspecified atom stereocenters. The summed E-state index contributed by atoms with van der Waals surface area (Å²) in [6.45, 7) is 3.64. The van der Waals surface area contributed by atoms with Crippen LogP contribution in [0.3, 0.4) is 0 Å². The number of hydrogen-bond donors (Lipinski definition) is 1. The van der Waals surface area contributed by atoms with Crippen molar-refractivity contribution in [2.75, 3.05) is 33.9 Å². The van der Waals surface area contributed by atoms with Crippen LogP contribution in [0.15, 0.2) is 54.6 Å². The molecule has 194 valence electrons. The van der Waals surface area contributed by atoms with Crippen molar-refractivity contribution >= 4 is 23.4 Å². The van der Waals surface area contributed by atoms with Crippen LogP contribution in [0.4, 0.5) is 0 Å². The molecule has 0 saturated carbocycles. The predicted octanol–water partition coefficient (Wildman–Crippen LogP) is 5.05. The Hall–Kier alpha value is -3.58. The summed E-state index contributed by atoms with van der Waals surface area (Å²) in [5, 5.41) is 3.65. The molecule has 1 N–H and O–H groups in total. The lowest BCUT2D eigenvalue weighted by Gasteiger charge is -2.32. The molecule has 0 atom stereocenters. The van der Waals surface area contributed by atoms with Gasteiger partial charge in [-0.05, 0) is 80.3 Å². The van der Waals surface area contributed by atoms with E-state index in [1.54, 1.807) is 38.5 Å². The Labute approximate surface area is 222 Å². The lowest BCUT2D eigenvalue weighted by atomic mass is 9.89. The van der Waals surface area contributed by atoms with E-state index in [-0.39, 0.29) is 17.7 Å². The standard InChI is InChI=1S/C29H32ClN3O4/c1-19-4-10-24(28(34)31-15-12-20-5-11-25(36-2)26(18-20)37-3)27(32-19)21-13-16-33(17-14-21)29(35)22-6-8-23(30)9-7-22/h4-11,18,21H,12-17H2,1-3H3,(H,31,34). The third-order valence-electron chi connectivity index (χ3n) is 6.72. The predicted molar refractivity (Wildman–Crippen MR) is 144 cm³/mol. The van der Waals surface area contributed by atoms with Crippen LogP contribution in [-0.2, 0) is 6.42 Å². The summed E-state index contributed by atoms with van der Waals surface area (Å²) in [7, 11) is 3.21. The normalized spacial score (nSPS) is 13.8. The van der Waals surface area contributed by atoms with Crippen molar-refractivity contribution in [3.63, 3.8) is 0 Å². The molecule has 1 saturated heterocycles. The molecule has 1 aliphatic heterocycles. The molecule has 0 aliphatic carbocycles. The molecular weight excluding hydrogens is 490 g/mol. The van der Waals surface area contributed by atoms with Gasteiger partial charge in [0.1, 0.15) is 0 Å². The van der Waals surface area contributed by atoms with Gasteiger partial charge in [0.2, 0.25) is 0 Å². The molecule has 8 heteroatoms. The quantitative estimate of drug-likeness (QED) is 0.448. The average molecular weight is 522 g/mol. The largest absolute Gasteiger partial charge is 0.493 e. The molecule has 1 fully saturated rings. The van der Waals surface area contributed by atoms with Crippen molar-refractivity contribution in [3.8, 4) is 11.5 Å². The summed E-state index contributed by atoms with van der Waals surface area (Å²) in [4.78, 5) is 32.6. The first-order chi connectivity index (χ1) is 17.9. The van der Waals surface area contributed by atoms with Gasteiger partial charge in [0.25, 0.3) is 11.8 Å². The van der Waals surface area contributed by atoms with Crippen molar-refractivity contribution in [2.45, 2.75) is 32.1 Å². The zero-order valence-corrected chi connectivity index (χ0v) is 22.2. The highest BCUT2D eigenvalue weighted by Gasteiger charge is 2.28. The van der Waals surface area contributed by atoms with Crippen LogP contribution < -0.4 is 14.8 Å². The van der Waals surface area contributed by atoms with Gasteiger partial charge >= 0.3 is 0 Å². The molecule has 1 aliphatic rings. The molecule has 3 aromatic rings. The molecule has 37 heavy (non-hydrogen) atoms. The fourth-order valence-electron chi connectivity index (χ4n) is 4.66. The zero-order valence-electron chi connectivity index (χ0n) is 21.4. The highest BCUT2D eigenvalue weighted by atomic mass is 35.5. The number of aryl methyl sites for hydroxylation is 1. The van der Waals surface area contributed by atoms with Crippen molar-refractivity contribution in [1.82, 2.24) is 15.2 Å². The smallest absolute Gasteiger partial charge is 0.253 e. The van der Waals surface area contributed by atoms with Gasteiger partial charge in [0.15, 0.2) is 11.5 Å². The lowest BCUT2D eigenvalue weighted by molar-refractivity contribution is 0.0710. The van der Waals surface area contributed by atoms with Crippen LogP contribution in [0.25, 0.3) is 0 Å². The highest BCUT2D eigenvalue weighted by molar-refractivity contribution is 6.30.